The quantitative estimate of drug-likeness (QED) is 0.0989. The second-order valence-electron chi connectivity index (χ2n) is 13.5. The van der Waals surface area contributed by atoms with E-state index in [0.717, 1.165) is 11.2 Å². The standard InChI is InChI=1S/C38H43N11O6/c1-6-48-30(14-21(3)44-48)35(52)42-37-40-27-16-24(23(5)50)10-11-29(27)46(37)12-8-9-13-47-33-28(17-25(34(39)51)18-32(33)55-26-19-54-20-26)41-38(47)43-36(53)31-15-22(4)45-49(31)7-2/h10-11,14-18,26H,6-9,12-13,19-20H2,1-5H3,(H2,39,51)(H,40,42,52)(H,41,43,53). The maximum absolute atomic E-state index is 13.7. The Bertz CT molecular complexity index is 2470. The summed E-state index contributed by atoms with van der Waals surface area (Å²) in [5.74, 6) is -0.476. The summed E-state index contributed by atoms with van der Waals surface area (Å²) in [7, 11) is 0. The minimum atomic E-state index is -0.640. The molecule has 1 aliphatic rings. The Morgan fingerprint density at radius 2 is 1.36 bits per heavy atom. The van der Waals surface area contributed by atoms with Crippen LogP contribution in [0.4, 0.5) is 11.9 Å². The van der Waals surface area contributed by atoms with Crippen molar-refractivity contribution in [2.45, 2.75) is 79.7 Å². The number of amides is 3. The number of hydrogen-bond donors (Lipinski definition) is 3. The summed E-state index contributed by atoms with van der Waals surface area (Å²) >= 11 is 0. The van der Waals surface area contributed by atoms with Gasteiger partial charge in [0.05, 0.1) is 41.2 Å². The van der Waals surface area contributed by atoms with E-state index in [0.29, 0.717) is 103 Å². The van der Waals surface area contributed by atoms with Crippen molar-refractivity contribution in [1.82, 2.24) is 38.7 Å². The Morgan fingerprint density at radius 3 is 1.91 bits per heavy atom. The van der Waals surface area contributed by atoms with Gasteiger partial charge < -0.3 is 24.3 Å². The molecule has 17 nitrogen and oxygen atoms in total. The minimum absolute atomic E-state index is 0.0924. The van der Waals surface area contributed by atoms with E-state index in [4.69, 9.17) is 25.2 Å². The van der Waals surface area contributed by atoms with E-state index < -0.39 is 5.91 Å². The fourth-order valence-corrected chi connectivity index (χ4v) is 6.72. The molecule has 0 radical (unpaired) electrons. The van der Waals surface area contributed by atoms with E-state index in [1.807, 2.05) is 42.9 Å². The number of unbranched alkanes of at least 4 members (excludes halogenated alkanes) is 1. The predicted octanol–water partition coefficient (Wildman–Crippen LogP) is 4.50. The first-order valence-corrected chi connectivity index (χ1v) is 18.2. The van der Waals surface area contributed by atoms with Gasteiger partial charge in [-0.2, -0.15) is 10.2 Å². The largest absolute Gasteiger partial charge is 0.483 e. The fraction of sp³-hybridized carbons (Fsp3) is 0.368. The van der Waals surface area contributed by atoms with Gasteiger partial charge in [0.2, 0.25) is 17.8 Å². The summed E-state index contributed by atoms with van der Waals surface area (Å²) in [5, 5.41) is 14.8. The molecular formula is C38H43N11O6. The zero-order valence-electron chi connectivity index (χ0n) is 31.4. The minimum Gasteiger partial charge on any atom is -0.483 e. The average molecular weight is 750 g/mol. The summed E-state index contributed by atoms with van der Waals surface area (Å²) in [4.78, 5) is 61.2. The number of aromatic nitrogens is 8. The number of benzene rings is 2. The van der Waals surface area contributed by atoms with Gasteiger partial charge >= 0.3 is 0 Å². The van der Waals surface area contributed by atoms with Crippen LogP contribution in [0.3, 0.4) is 0 Å². The highest BCUT2D eigenvalue weighted by Crippen LogP contribution is 2.33. The zero-order chi connectivity index (χ0) is 39.0. The lowest BCUT2D eigenvalue weighted by Crippen LogP contribution is -2.38. The van der Waals surface area contributed by atoms with Gasteiger partial charge in [-0.05, 0) is 89.9 Å². The normalized spacial score (nSPS) is 13.0. The molecule has 7 rings (SSSR count). The highest BCUT2D eigenvalue weighted by molar-refractivity contribution is 6.05. The van der Waals surface area contributed by atoms with E-state index in [-0.39, 0.29) is 35.2 Å². The molecule has 1 aliphatic heterocycles. The molecule has 4 aromatic heterocycles. The highest BCUT2D eigenvalue weighted by atomic mass is 16.6. The number of nitrogens with one attached hydrogen (secondary N) is 2. The first kappa shape index (κ1) is 37.0. The Balaban J connectivity index is 1.20. The number of Topliss-reactive ketones (excluding diaryl/α,β-unsaturated/α-hetero) is 1. The Labute approximate surface area is 315 Å². The molecule has 0 bridgehead atoms. The van der Waals surface area contributed by atoms with Crippen LogP contribution in [-0.2, 0) is 30.9 Å². The Morgan fingerprint density at radius 1 is 0.800 bits per heavy atom. The van der Waals surface area contributed by atoms with E-state index >= 15 is 0 Å². The lowest BCUT2D eigenvalue weighted by atomic mass is 10.1. The van der Waals surface area contributed by atoms with E-state index in [1.165, 1.54) is 6.92 Å². The molecule has 0 unspecified atom stereocenters. The lowest BCUT2D eigenvalue weighted by Gasteiger charge is -2.27. The summed E-state index contributed by atoms with van der Waals surface area (Å²) in [6.07, 6.45) is 0.973. The third-order valence-corrected chi connectivity index (χ3v) is 9.48. The molecule has 4 N–H and O–H groups in total. The van der Waals surface area contributed by atoms with Crippen molar-refractivity contribution >= 4 is 57.5 Å². The number of rotatable bonds is 15. The van der Waals surface area contributed by atoms with Crippen molar-refractivity contribution in [3.63, 3.8) is 0 Å². The van der Waals surface area contributed by atoms with Gasteiger partial charge in [0, 0.05) is 37.3 Å². The first-order valence-electron chi connectivity index (χ1n) is 18.2. The van der Waals surface area contributed by atoms with Crippen LogP contribution in [0.2, 0.25) is 0 Å². The number of imidazole rings is 2. The molecule has 2 aromatic carbocycles. The molecule has 0 aliphatic carbocycles. The van der Waals surface area contributed by atoms with Crippen molar-refractivity contribution in [3.05, 3.63) is 76.4 Å². The van der Waals surface area contributed by atoms with Crippen molar-refractivity contribution in [3.8, 4) is 5.75 Å². The van der Waals surface area contributed by atoms with E-state index in [2.05, 4.69) is 20.8 Å². The number of nitrogens with zero attached hydrogens (tertiary/aromatic N) is 8. The Kier molecular flexibility index (Phi) is 10.2. The summed E-state index contributed by atoms with van der Waals surface area (Å²) in [6, 6.07) is 11.9. The smallest absolute Gasteiger partial charge is 0.276 e. The van der Waals surface area contributed by atoms with E-state index in [1.54, 1.807) is 45.8 Å². The van der Waals surface area contributed by atoms with Gasteiger partial charge in [-0.3, -0.25) is 39.2 Å². The van der Waals surface area contributed by atoms with Crippen molar-refractivity contribution in [1.29, 1.82) is 0 Å². The molecule has 55 heavy (non-hydrogen) atoms. The van der Waals surface area contributed by atoms with Crippen LogP contribution >= 0.6 is 0 Å². The van der Waals surface area contributed by atoms with Crippen molar-refractivity contribution in [2.24, 2.45) is 5.73 Å². The molecular weight excluding hydrogens is 706 g/mol. The Hall–Kier alpha value is -6.36. The number of primary amides is 1. The maximum atomic E-state index is 13.7. The van der Waals surface area contributed by atoms with Gasteiger partial charge in [-0.15, -0.1) is 0 Å². The van der Waals surface area contributed by atoms with Gasteiger partial charge in [-0.1, -0.05) is 0 Å². The number of hydrogen-bond acceptors (Lipinski definition) is 10. The summed E-state index contributed by atoms with van der Waals surface area (Å²) < 4.78 is 18.7. The molecule has 1 saturated heterocycles. The number of anilines is 2. The number of nitrogens with two attached hydrogens (primary N) is 1. The molecule has 0 atom stereocenters. The number of fused-ring (bicyclic) bond motifs is 2. The third kappa shape index (κ3) is 7.42. The molecule has 286 valence electrons. The van der Waals surface area contributed by atoms with Crippen molar-refractivity contribution < 1.29 is 28.7 Å². The number of carbonyl (C=O) groups is 4. The highest BCUT2D eigenvalue weighted by Gasteiger charge is 2.26. The van der Waals surface area contributed by atoms with Crippen LogP contribution in [0, 0.1) is 13.8 Å². The summed E-state index contributed by atoms with van der Waals surface area (Å²) in [5.41, 5.74) is 11.0. The number of aryl methyl sites for hydroxylation is 6. The number of ether oxygens (including phenoxy) is 2. The lowest BCUT2D eigenvalue weighted by molar-refractivity contribution is -0.0792. The average Bonchev–Trinajstić information content (AvgIpc) is 3.90. The number of ketones is 1. The van der Waals surface area contributed by atoms with Gasteiger partial charge in [0.25, 0.3) is 11.8 Å². The molecule has 17 heteroatoms. The third-order valence-electron chi connectivity index (χ3n) is 9.48. The summed E-state index contributed by atoms with van der Waals surface area (Å²) in [6.45, 7) is 11.6. The molecule has 6 aromatic rings. The van der Waals surface area contributed by atoms with Crippen LogP contribution < -0.4 is 21.1 Å². The monoisotopic (exact) mass is 749 g/mol. The van der Waals surface area contributed by atoms with Gasteiger partial charge in [0.15, 0.2) is 5.78 Å². The molecule has 0 spiro atoms. The van der Waals surface area contributed by atoms with E-state index in [9.17, 15) is 19.2 Å². The SMILES string of the molecule is CCn1nc(C)cc1C(=O)Nc1nc2cc(C(C)=O)ccc2n1CCCCn1c(NC(=O)c2cc(C)nn2CC)nc2cc(C(N)=O)cc(OC3COC3)c21. The molecule has 5 heterocycles. The molecule has 1 fully saturated rings. The predicted molar refractivity (Wildman–Crippen MR) is 204 cm³/mol. The first-order chi connectivity index (χ1) is 26.4. The fourth-order valence-electron chi connectivity index (χ4n) is 6.72. The van der Waals surface area contributed by atoms with Crippen molar-refractivity contribution in [2.75, 3.05) is 23.8 Å². The maximum Gasteiger partial charge on any atom is 0.276 e. The zero-order valence-corrected chi connectivity index (χ0v) is 31.4. The van der Waals surface area contributed by atoms with Crippen LogP contribution in [-0.4, -0.2) is 81.5 Å². The number of carbonyl (C=O) groups excluding carboxylic acids is 4. The second-order valence-corrected chi connectivity index (χ2v) is 13.5. The van der Waals surface area contributed by atoms with Crippen LogP contribution in [0.5, 0.6) is 5.75 Å². The molecule has 3 amide bonds. The van der Waals surface area contributed by atoms with Crippen LogP contribution in [0.25, 0.3) is 22.1 Å². The topological polar surface area (TPSA) is 208 Å². The van der Waals surface area contributed by atoms with Crippen LogP contribution in [0.15, 0.2) is 42.5 Å². The van der Waals surface area contributed by atoms with Gasteiger partial charge in [0.1, 0.15) is 28.8 Å². The molecule has 0 saturated carbocycles. The van der Waals surface area contributed by atoms with Gasteiger partial charge in [-0.25, -0.2) is 9.97 Å². The second kappa shape index (κ2) is 15.2. The van der Waals surface area contributed by atoms with Crippen LogP contribution in [0.1, 0.15) is 86.7 Å².